The van der Waals surface area contributed by atoms with Crippen LogP contribution in [0.2, 0.25) is 0 Å². The standard InChI is InChI=1S/C10H18.C4H10.2C3H8/c1-5-9(3)7-8-10(4)6-2;1-3-4-2;2*1-3-2/h5-6,9-10H,1-2,7-8H2,3-4H3;3-4H2,1-2H3;2*3H2,1-2H3. The fourth-order valence-corrected chi connectivity index (χ4v) is 0.761. The third-order valence-electron chi connectivity index (χ3n) is 2.38. The van der Waals surface area contributed by atoms with Crippen molar-refractivity contribution in [3.63, 3.8) is 0 Å². The lowest BCUT2D eigenvalue weighted by Gasteiger charge is -2.07. The summed E-state index contributed by atoms with van der Waals surface area (Å²) < 4.78 is 0. The maximum atomic E-state index is 3.74. The molecule has 0 nitrogen and oxygen atoms in total. The predicted molar refractivity (Wildman–Crippen MR) is 100 cm³/mol. The van der Waals surface area contributed by atoms with Gasteiger partial charge in [-0.1, -0.05) is 93.2 Å². The van der Waals surface area contributed by atoms with Gasteiger partial charge in [0.15, 0.2) is 0 Å². The largest absolute Gasteiger partial charge is 0.103 e. The molecule has 0 aliphatic heterocycles. The maximum absolute atomic E-state index is 3.74. The highest BCUT2D eigenvalue weighted by Gasteiger charge is 1.99. The first-order chi connectivity index (χ1) is 9.44. The minimum atomic E-state index is 0.655. The van der Waals surface area contributed by atoms with E-state index >= 15 is 0 Å². The smallest absolute Gasteiger partial charge is 0.0264 e. The van der Waals surface area contributed by atoms with Crippen molar-refractivity contribution in [2.75, 3.05) is 0 Å². The lowest BCUT2D eigenvalue weighted by atomic mass is 9.98. The molecule has 0 spiro atoms. The van der Waals surface area contributed by atoms with Crippen molar-refractivity contribution in [3.05, 3.63) is 25.3 Å². The first-order valence-electron chi connectivity index (χ1n) is 8.70. The molecule has 0 aliphatic carbocycles. The number of hydrogen-bond acceptors (Lipinski definition) is 0. The van der Waals surface area contributed by atoms with Crippen molar-refractivity contribution < 1.29 is 0 Å². The van der Waals surface area contributed by atoms with E-state index in [1.54, 1.807) is 0 Å². The van der Waals surface area contributed by atoms with Crippen LogP contribution in [0.15, 0.2) is 25.3 Å². The molecule has 0 aromatic rings. The van der Waals surface area contributed by atoms with Crippen LogP contribution in [-0.4, -0.2) is 0 Å². The van der Waals surface area contributed by atoms with Gasteiger partial charge in [0.25, 0.3) is 0 Å². The second kappa shape index (κ2) is 31.1. The highest BCUT2D eigenvalue weighted by molar-refractivity contribution is 4.79. The summed E-state index contributed by atoms with van der Waals surface area (Å²) in [6, 6.07) is 0. The Morgan fingerprint density at radius 2 is 0.850 bits per heavy atom. The Hall–Kier alpha value is -0.520. The van der Waals surface area contributed by atoms with Crippen molar-refractivity contribution in [2.45, 2.75) is 93.9 Å². The molecule has 0 N–H and O–H groups in total. The summed E-state index contributed by atoms with van der Waals surface area (Å²) in [5.41, 5.74) is 0. The second-order valence-electron chi connectivity index (χ2n) is 5.42. The van der Waals surface area contributed by atoms with E-state index in [2.05, 4.69) is 68.5 Å². The summed E-state index contributed by atoms with van der Waals surface area (Å²) in [6.45, 7) is 24.7. The Kier molecular flexibility index (Phi) is 43.1. The average molecular weight is 285 g/mol. The van der Waals surface area contributed by atoms with Crippen LogP contribution in [0.5, 0.6) is 0 Å². The Balaban J connectivity index is -0.000000106. The molecule has 0 saturated heterocycles. The molecule has 0 radical (unpaired) electrons. The molecule has 124 valence electrons. The van der Waals surface area contributed by atoms with Gasteiger partial charge >= 0.3 is 0 Å². The zero-order valence-electron chi connectivity index (χ0n) is 16.0. The zero-order chi connectivity index (χ0) is 16.8. The summed E-state index contributed by atoms with van der Waals surface area (Å²) in [6.07, 6.45) is 11.6. The van der Waals surface area contributed by atoms with Crippen LogP contribution in [0.1, 0.15) is 93.9 Å². The first-order valence-corrected chi connectivity index (χ1v) is 8.70. The number of unbranched alkanes of at least 4 members (excludes halogenated alkanes) is 1. The van der Waals surface area contributed by atoms with Crippen LogP contribution in [0, 0.1) is 11.8 Å². The molecule has 0 heterocycles. The van der Waals surface area contributed by atoms with Gasteiger partial charge in [-0.3, -0.25) is 0 Å². The third kappa shape index (κ3) is 52.8. The van der Waals surface area contributed by atoms with Gasteiger partial charge in [0.1, 0.15) is 0 Å². The lowest BCUT2D eigenvalue weighted by Crippen LogP contribution is -1.94. The van der Waals surface area contributed by atoms with E-state index in [1.807, 2.05) is 12.2 Å². The molecule has 0 heteroatoms. The molecule has 0 bridgehead atoms. The Bertz CT molecular complexity index is 128. The van der Waals surface area contributed by atoms with Gasteiger partial charge in [-0.15, -0.1) is 13.2 Å². The molecule has 0 aliphatic rings. The average Bonchev–Trinajstić information content (AvgIpc) is 2.46. The van der Waals surface area contributed by atoms with Gasteiger partial charge in [-0.25, -0.2) is 0 Å². The minimum Gasteiger partial charge on any atom is -0.103 e. The van der Waals surface area contributed by atoms with Crippen molar-refractivity contribution in [2.24, 2.45) is 11.8 Å². The van der Waals surface area contributed by atoms with Gasteiger partial charge in [0, 0.05) is 0 Å². The van der Waals surface area contributed by atoms with E-state index < -0.39 is 0 Å². The number of allylic oxidation sites excluding steroid dienone is 2. The predicted octanol–water partition coefficient (Wildman–Crippen LogP) is 8.05. The van der Waals surface area contributed by atoms with Gasteiger partial charge in [-0.2, -0.15) is 0 Å². The SMILES string of the molecule is C=CC(C)CCC(C)C=C.CCC.CCC.CCCC. The van der Waals surface area contributed by atoms with E-state index in [4.69, 9.17) is 0 Å². The van der Waals surface area contributed by atoms with E-state index in [0.717, 1.165) is 0 Å². The molecule has 0 saturated carbocycles. The number of hydrogen-bond donors (Lipinski definition) is 0. The van der Waals surface area contributed by atoms with Gasteiger partial charge in [0.05, 0.1) is 0 Å². The van der Waals surface area contributed by atoms with Crippen LogP contribution in [-0.2, 0) is 0 Å². The highest BCUT2D eigenvalue weighted by Crippen LogP contribution is 2.12. The van der Waals surface area contributed by atoms with Crippen molar-refractivity contribution in [1.82, 2.24) is 0 Å². The highest BCUT2D eigenvalue weighted by atomic mass is 14.0. The molecule has 2 unspecified atom stereocenters. The molecule has 0 amide bonds. The van der Waals surface area contributed by atoms with Crippen LogP contribution >= 0.6 is 0 Å². The maximum Gasteiger partial charge on any atom is -0.0264 e. The summed E-state index contributed by atoms with van der Waals surface area (Å²) in [5, 5.41) is 0. The van der Waals surface area contributed by atoms with E-state index in [-0.39, 0.29) is 0 Å². The summed E-state index contributed by atoms with van der Waals surface area (Å²) in [5.74, 6) is 1.31. The summed E-state index contributed by atoms with van der Waals surface area (Å²) in [7, 11) is 0. The topological polar surface area (TPSA) is 0 Å². The van der Waals surface area contributed by atoms with Crippen molar-refractivity contribution in [3.8, 4) is 0 Å². The molecule has 0 aromatic heterocycles. The molecule has 0 aromatic carbocycles. The summed E-state index contributed by atoms with van der Waals surface area (Å²) >= 11 is 0. The molecule has 2 atom stereocenters. The fraction of sp³-hybridized carbons (Fsp3) is 0.800. The van der Waals surface area contributed by atoms with E-state index in [1.165, 1.54) is 38.5 Å². The molecule has 0 rings (SSSR count). The van der Waals surface area contributed by atoms with Crippen LogP contribution < -0.4 is 0 Å². The molecular weight excluding hydrogens is 240 g/mol. The van der Waals surface area contributed by atoms with Gasteiger partial charge in [0.2, 0.25) is 0 Å². The van der Waals surface area contributed by atoms with Crippen molar-refractivity contribution >= 4 is 0 Å². The van der Waals surface area contributed by atoms with E-state index in [0.29, 0.717) is 11.8 Å². The normalized spacial score (nSPS) is 11.2. The monoisotopic (exact) mass is 284 g/mol. The Morgan fingerprint density at radius 3 is 0.950 bits per heavy atom. The van der Waals surface area contributed by atoms with Gasteiger partial charge in [-0.05, 0) is 24.7 Å². The second-order valence-corrected chi connectivity index (χ2v) is 5.42. The quantitative estimate of drug-likeness (QED) is 0.433. The lowest BCUT2D eigenvalue weighted by molar-refractivity contribution is 0.536. The molecular formula is C20H44. The first kappa shape index (κ1) is 27.8. The zero-order valence-corrected chi connectivity index (χ0v) is 16.0. The Morgan fingerprint density at radius 1 is 0.650 bits per heavy atom. The Labute approximate surface area is 131 Å². The molecule has 0 fully saturated rings. The summed E-state index contributed by atoms with van der Waals surface area (Å²) in [4.78, 5) is 0. The van der Waals surface area contributed by atoms with Crippen LogP contribution in [0.3, 0.4) is 0 Å². The van der Waals surface area contributed by atoms with Crippen molar-refractivity contribution in [1.29, 1.82) is 0 Å². The number of rotatable bonds is 6. The van der Waals surface area contributed by atoms with E-state index in [9.17, 15) is 0 Å². The molecule has 20 heavy (non-hydrogen) atoms. The van der Waals surface area contributed by atoms with Crippen LogP contribution in [0.25, 0.3) is 0 Å². The third-order valence-corrected chi connectivity index (χ3v) is 2.38. The fourth-order valence-electron chi connectivity index (χ4n) is 0.761. The van der Waals surface area contributed by atoms with Crippen LogP contribution in [0.4, 0.5) is 0 Å². The minimum absolute atomic E-state index is 0.655. The van der Waals surface area contributed by atoms with Gasteiger partial charge < -0.3 is 0 Å².